The summed E-state index contributed by atoms with van der Waals surface area (Å²) < 4.78 is 135. The van der Waals surface area contributed by atoms with Crippen LogP contribution < -0.4 is 14.8 Å². The molecule has 4 aliphatic heterocycles. The number of likely N-dealkylation sites (tertiary alicyclic amines) is 2. The van der Waals surface area contributed by atoms with Gasteiger partial charge in [0.25, 0.3) is 0 Å². The van der Waals surface area contributed by atoms with Gasteiger partial charge in [-0.15, -0.1) is 0 Å². The first kappa shape index (κ1) is 114. The Morgan fingerprint density at radius 2 is 1.22 bits per heavy atom. The maximum Gasteiger partial charge on any atom is 0.175 e. The van der Waals surface area contributed by atoms with Crippen molar-refractivity contribution in [3.63, 3.8) is 0 Å². The van der Waals surface area contributed by atoms with E-state index in [9.17, 15) is 39.9 Å². The molecule has 0 spiro atoms. The summed E-state index contributed by atoms with van der Waals surface area (Å²) in [4.78, 5) is 7.41. The van der Waals surface area contributed by atoms with Gasteiger partial charge in [0.15, 0.2) is 33.0 Å². The smallest absolute Gasteiger partial charge is 0.175 e. The molecule has 0 unspecified atom stereocenters. The largest absolute Gasteiger partial charge is 0.494 e. The molecule has 10 atom stereocenters. The Labute approximate surface area is 772 Å². The van der Waals surface area contributed by atoms with Crippen LogP contribution in [-0.4, -0.2) is 157 Å². The molecule has 4 saturated heterocycles. The number of methoxy groups -OCH3 is 2. The van der Waals surface area contributed by atoms with E-state index in [2.05, 4.69) is 164 Å². The van der Waals surface area contributed by atoms with Crippen molar-refractivity contribution in [2.75, 3.05) is 114 Å². The molecule has 4 fully saturated rings. The first-order chi connectivity index (χ1) is 59.5. The Bertz CT molecular complexity index is 4550. The highest BCUT2D eigenvalue weighted by Crippen LogP contribution is 2.44. The Morgan fingerprint density at radius 3 is 1.65 bits per heavy atom. The number of hydrogen-bond acceptors (Lipinski definition) is 11. The van der Waals surface area contributed by atoms with Gasteiger partial charge < -0.3 is 39.3 Å². The van der Waals surface area contributed by atoms with Gasteiger partial charge >= 0.3 is 0 Å². The maximum absolute atomic E-state index is 15.0. The van der Waals surface area contributed by atoms with Gasteiger partial charge in [-0.1, -0.05) is 248 Å². The number of aliphatic hydroxyl groups is 1. The molecule has 1 aromatic heterocycles. The van der Waals surface area contributed by atoms with Crippen molar-refractivity contribution >= 4 is 33.0 Å². The average molecular weight is 1840 g/mol. The average Bonchev–Trinajstić information content (AvgIpc) is 1.72. The number of likely N-dealkylation sites (N-methyl/N-ethyl adjacent to an activating group) is 2. The third-order valence-corrected chi connectivity index (χ3v) is 24.6. The summed E-state index contributed by atoms with van der Waals surface area (Å²) in [5.74, 6) is 3.02. The first-order valence-corrected chi connectivity index (χ1v) is 48.1. The Kier molecular flexibility index (Phi) is 50.5. The molecule has 0 radical (unpaired) electrons. The van der Waals surface area contributed by atoms with Crippen molar-refractivity contribution in [3.05, 3.63) is 247 Å². The number of nitrogens with zero attached hydrogens (tertiary/aromatic N) is 5. The summed E-state index contributed by atoms with van der Waals surface area (Å²) in [7, 11) is 7.97. The zero-order chi connectivity index (χ0) is 96.0. The zero-order valence-electron chi connectivity index (χ0n) is 81.9. The number of rotatable bonds is 20. The molecule has 5 heterocycles. The highest BCUT2D eigenvalue weighted by atomic mass is 35.5. The Hall–Kier alpha value is -6.85. The van der Waals surface area contributed by atoms with E-state index in [1.807, 2.05) is 89.6 Å². The lowest BCUT2D eigenvalue weighted by Gasteiger charge is -2.33. The van der Waals surface area contributed by atoms with Crippen LogP contribution in [0.5, 0.6) is 11.5 Å². The van der Waals surface area contributed by atoms with E-state index in [1.165, 1.54) is 83.1 Å². The minimum Gasteiger partial charge on any atom is -0.494 e. The van der Waals surface area contributed by atoms with Gasteiger partial charge in [-0.25, -0.2) is 39.2 Å². The molecule has 7 aromatic carbocycles. The van der Waals surface area contributed by atoms with E-state index in [1.54, 1.807) is 89.6 Å². The SMILES string of the molecule is CC(C)(C)Cc1cccc(S(C)(=O)=O)c1.CC(C)[C@@H]1CN(C)C[C@H]1c1ccc(Cl)c(F)c1.CC(C)[C@H](CO)c1ccc(F)c(Cl)c1.CCC.CCC.CCN1CC[C@H](C)C1.CN(C)C[C@H](c1ccc(F)cc1)C(C)(C)C.COc1ccc([C@@H](c2cnn(C)c2)C(C)C)cc1F.COc1ccc([C@H](C(C)C)[C@]2(F)CCNC2)cc1F.C[C@@H]1COC[C@H]1c1ccccc1F. The third-order valence-electron chi connectivity index (χ3n) is 22.9. The third kappa shape index (κ3) is 39.2. The minimum absolute atomic E-state index is 0.0214. The minimum atomic E-state index is -3.08. The second-order valence-corrected chi connectivity index (χ2v) is 41.3. The van der Waals surface area contributed by atoms with Crippen LogP contribution in [0.4, 0.5) is 30.7 Å². The van der Waals surface area contributed by atoms with E-state index in [0.717, 1.165) is 72.0 Å². The molecule has 0 saturated carbocycles. The fraction of sp³-hybridized carbons (Fsp3) is 0.571. The number of hydrogen-bond donors (Lipinski definition) is 2. The number of aliphatic hydroxyl groups excluding tert-OH is 1. The molecule has 22 heteroatoms. The van der Waals surface area contributed by atoms with Crippen LogP contribution in [-0.2, 0) is 28.0 Å². The first-order valence-electron chi connectivity index (χ1n) is 45.5. The lowest BCUT2D eigenvalue weighted by atomic mass is 9.75. The van der Waals surface area contributed by atoms with Crippen LogP contribution in [0.3, 0.4) is 0 Å². The molecule has 712 valence electrons. The number of sulfone groups is 1. The van der Waals surface area contributed by atoms with Gasteiger partial charge in [-0.2, -0.15) is 5.10 Å². The number of halogens is 9. The molecule has 0 aliphatic carbocycles. The van der Waals surface area contributed by atoms with Crippen molar-refractivity contribution < 1.29 is 58.5 Å². The number of benzene rings is 7. The Balaban J connectivity index is 0.000000374. The molecular formula is C105H157Cl2F7N6O6S. The quantitative estimate of drug-likeness (QED) is 0.0710. The molecule has 127 heavy (non-hydrogen) atoms. The molecule has 4 aliphatic rings. The summed E-state index contributed by atoms with van der Waals surface area (Å²) in [6.45, 7) is 54.4. The molecule has 8 aromatic rings. The van der Waals surface area contributed by atoms with Gasteiger partial charge in [0.05, 0.1) is 48.6 Å². The van der Waals surface area contributed by atoms with E-state index in [-0.39, 0.29) is 91.8 Å². The van der Waals surface area contributed by atoms with Crippen LogP contribution in [0.15, 0.2) is 163 Å². The van der Waals surface area contributed by atoms with E-state index < -0.39 is 27.1 Å². The summed E-state index contributed by atoms with van der Waals surface area (Å²) in [6.07, 6.45) is 10.3. The zero-order valence-corrected chi connectivity index (χ0v) is 84.2. The molecule has 12 rings (SSSR count). The summed E-state index contributed by atoms with van der Waals surface area (Å²) in [5.41, 5.74) is 6.86. The standard InChI is InChI=1S/C15H21F2NO.C15H19FN2O.C14H19ClFN.C14H22FN.C12H18O2S.C11H14ClFO.C11H13FO.C7H15N.2C3H8/c1-10(2)14(15(17)6-7-18-9-15)11-4-5-13(19-3)12(16)8-11;1-10(2)15(12-8-17-18(3)9-12)11-5-6-14(19-4)13(16)7-11;1-9(2)11-7-17(3)8-12(11)10-4-5-13(15)14(16)6-10;1-14(2,3)13(10-16(4)5)11-6-8-12(15)9-7-11;1-12(2,3)9-10-6-5-7-11(8-10)15(4,13)14;1-7(2)9(6-14)8-3-4-11(13)10(12)5-8;1-8-6-13-7-10(8)9-4-2-3-5-11(9)12;1-3-8-5-4-7(2)6-8;2*1-3-2/h4-5,8,10,14,18H,6-7,9H2,1-3H3;5-10,15H,1-4H3;4-6,9,11-12H,7-8H2,1-3H3;6-9,13H,10H2,1-5H3;5-8H,9H2,1-4H3;3-5,7,9,14H,6H2,1-2H3;2-5,8,10H,6-7H2,1H3;7H,3-6H2,1-2H3;2*3H2,1-2H3/t14-,15-;15-;11-,12-;13-;;9-;8-,10-;7-;;/m0001.010../s1. The molecule has 12 nitrogen and oxygen atoms in total. The van der Waals surface area contributed by atoms with Gasteiger partial charge in [-0.05, 0) is 236 Å². The maximum atomic E-state index is 15.0. The predicted octanol–water partition coefficient (Wildman–Crippen LogP) is 26.6. The monoisotopic (exact) mass is 1830 g/mol. The van der Waals surface area contributed by atoms with Crippen LogP contribution >= 0.6 is 23.2 Å². The molecule has 0 amide bonds. The molecule has 0 bridgehead atoms. The van der Waals surface area contributed by atoms with E-state index in [0.29, 0.717) is 78.0 Å². The number of nitrogens with one attached hydrogen (secondary N) is 1. The highest BCUT2D eigenvalue weighted by Gasteiger charge is 2.44. The number of ether oxygens (including phenoxy) is 3. The fourth-order valence-corrected chi connectivity index (χ4v) is 17.4. The summed E-state index contributed by atoms with van der Waals surface area (Å²) >= 11 is 11.4. The normalized spacial score (nSPS) is 18.9. The second-order valence-electron chi connectivity index (χ2n) is 38.5. The van der Waals surface area contributed by atoms with Gasteiger partial charge in [0.2, 0.25) is 0 Å². The van der Waals surface area contributed by atoms with Crippen molar-refractivity contribution in [1.29, 1.82) is 0 Å². The predicted molar refractivity (Wildman–Crippen MR) is 518 cm³/mol. The molecule has 2 N–H and O–H groups in total. The van der Waals surface area contributed by atoms with E-state index in [4.69, 9.17) is 37.4 Å². The number of aromatic nitrogens is 2. The van der Waals surface area contributed by atoms with Crippen LogP contribution in [0, 0.1) is 87.2 Å². The van der Waals surface area contributed by atoms with Crippen LogP contribution in [0.25, 0.3) is 0 Å². The van der Waals surface area contributed by atoms with Gasteiger partial charge in [-0.3, -0.25) is 4.68 Å². The molecular weight excluding hydrogens is 1680 g/mol. The lowest BCUT2D eigenvalue weighted by molar-refractivity contribution is 0.120. The van der Waals surface area contributed by atoms with Crippen molar-refractivity contribution in [2.24, 2.45) is 59.3 Å². The number of alkyl halides is 1. The van der Waals surface area contributed by atoms with Crippen molar-refractivity contribution in [1.82, 2.24) is 29.8 Å². The lowest BCUT2D eigenvalue weighted by Crippen LogP contribution is -2.36. The van der Waals surface area contributed by atoms with Gasteiger partial charge in [0.1, 0.15) is 28.9 Å². The topological polar surface area (TPSA) is 122 Å². The van der Waals surface area contributed by atoms with Crippen molar-refractivity contribution in [2.45, 2.75) is 224 Å². The van der Waals surface area contributed by atoms with Crippen molar-refractivity contribution in [3.8, 4) is 11.5 Å². The number of aryl methyl sites for hydroxylation is 1. The summed E-state index contributed by atoms with van der Waals surface area (Å²) in [5, 5.41) is 16.8. The van der Waals surface area contributed by atoms with Crippen LogP contribution in [0.2, 0.25) is 10.0 Å². The fourth-order valence-electron chi connectivity index (χ4n) is 16.4. The van der Waals surface area contributed by atoms with Crippen LogP contribution in [0.1, 0.15) is 251 Å². The van der Waals surface area contributed by atoms with E-state index >= 15 is 4.39 Å². The second kappa shape index (κ2) is 56.1. The van der Waals surface area contributed by atoms with Gasteiger partial charge in [0, 0.05) is 94.3 Å². The highest BCUT2D eigenvalue weighted by molar-refractivity contribution is 7.90. The Morgan fingerprint density at radius 1 is 0.638 bits per heavy atom. The summed E-state index contributed by atoms with van der Waals surface area (Å²) in [6, 6.07) is 40.7.